The van der Waals surface area contributed by atoms with E-state index in [1.807, 2.05) is 29.8 Å². The van der Waals surface area contributed by atoms with E-state index < -0.39 is 17.5 Å². The Balaban J connectivity index is 1.66. The van der Waals surface area contributed by atoms with Crippen molar-refractivity contribution in [1.29, 1.82) is 0 Å². The van der Waals surface area contributed by atoms with Gasteiger partial charge in [-0.15, -0.1) is 0 Å². The van der Waals surface area contributed by atoms with Crippen molar-refractivity contribution in [3.05, 3.63) is 53.0 Å². The molecule has 0 aliphatic carbocycles. The number of nitrogens with zero attached hydrogens (tertiary/aromatic N) is 2. The normalized spacial score (nSPS) is 24.3. The van der Waals surface area contributed by atoms with E-state index in [2.05, 4.69) is 21.4 Å². The van der Waals surface area contributed by atoms with Crippen LogP contribution in [0, 0.1) is 5.41 Å². The third-order valence-corrected chi connectivity index (χ3v) is 5.74. The summed E-state index contributed by atoms with van der Waals surface area (Å²) < 4.78 is 4.11. The van der Waals surface area contributed by atoms with Gasteiger partial charge >= 0.3 is 5.97 Å². The highest BCUT2D eigenvalue weighted by atomic mass is 32.1. The molecule has 0 bridgehead atoms. The first-order chi connectivity index (χ1) is 12.1. The van der Waals surface area contributed by atoms with Gasteiger partial charge in [-0.2, -0.15) is 0 Å². The first-order valence-electron chi connectivity index (χ1n) is 8.66. The molecule has 5 nitrogen and oxygen atoms in total. The van der Waals surface area contributed by atoms with E-state index in [9.17, 15) is 15.0 Å². The molecule has 1 aromatic heterocycles. The monoisotopic (exact) mass is 360 g/mol. The van der Waals surface area contributed by atoms with Crippen molar-refractivity contribution in [2.24, 2.45) is 5.41 Å². The number of carbonyl (C=O) groups is 1. The van der Waals surface area contributed by atoms with Crippen LogP contribution in [0.25, 0.3) is 0 Å². The van der Waals surface area contributed by atoms with E-state index >= 15 is 0 Å². The van der Waals surface area contributed by atoms with Gasteiger partial charge in [-0.05, 0) is 48.3 Å². The lowest BCUT2D eigenvalue weighted by Crippen LogP contribution is -2.55. The van der Waals surface area contributed by atoms with Crippen LogP contribution >= 0.6 is 11.5 Å². The van der Waals surface area contributed by atoms with Crippen molar-refractivity contribution in [2.45, 2.75) is 38.3 Å². The number of aliphatic hydroxyl groups is 1. The van der Waals surface area contributed by atoms with Crippen LogP contribution in [0.2, 0.25) is 0 Å². The average Bonchev–Trinajstić information content (AvgIpc) is 3.11. The Morgan fingerprint density at radius 2 is 2.12 bits per heavy atom. The molecule has 25 heavy (non-hydrogen) atoms. The van der Waals surface area contributed by atoms with Crippen molar-refractivity contribution in [1.82, 2.24) is 9.27 Å². The number of aliphatic carboxylic acids is 1. The van der Waals surface area contributed by atoms with Crippen LogP contribution in [0.5, 0.6) is 0 Å². The van der Waals surface area contributed by atoms with Crippen LogP contribution in [0.1, 0.15) is 30.4 Å². The summed E-state index contributed by atoms with van der Waals surface area (Å²) in [6.07, 6.45) is 3.59. The number of benzene rings is 1. The van der Waals surface area contributed by atoms with Crippen LogP contribution in [0.3, 0.4) is 0 Å². The van der Waals surface area contributed by atoms with E-state index in [0.717, 1.165) is 18.4 Å². The zero-order valence-electron chi connectivity index (χ0n) is 14.2. The molecule has 3 rings (SSSR count). The number of aryl methyl sites for hydroxylation is 1. The average molecular weight is 360 g/mol. The minimum atomic E-state index is -1.09. The van der Waals surface area contributed by atoms with E-state index in [4.69, 9.17) is 0 Å². The second kappa shape index (κ2) is 8.08. The van der Waals surface area contributed by atoms with Crippen LogP contribution in [0.4, 0.5) is 0 Å². The number of hydrogen-bond acceptors (Lipinski definition) is 5. The molecule has 0 saturated carbocycles. The number of piperidine rings is 1. The minimum Gasteiger partial charge on any atom is -0.481 e. The molecule has 6 heteroatoms. The fourth-order valence-corrected chi connectivity index (χ4v) is 4.21. The lowest BCUT2D eigenvalue weighted by molar-refractivity contribution is -0.164. The number of aliphatic hydroxyl groups excluding tert-OH is 1. The first-order valence-corrected chi connectivity index (χ1v) is 9.50. The summed E-state index contributed by atoms with van der Waals surface area (Å²) in [6, 6.07) is 10.1. The number of carboxylic acids is 1. The predicted molar refractivity (Wildman–Crippen MR) is 97.5 cm³/mol. The quantitative estimate of drug-likeness (QED) is 0.794. The molecule has 0 radical (unpaired) electrons. The molecule has 134 valence electrons. The zero-order valence-corrected chi connectivity index (χ0v) is 15.0. The van der Waals surface area contributed by atoms with Crippen molar-refractivity contribution in [2.75, 3.05) is 13.1 Å². The topological polar surface area (TPSA) is 73.7 Å². The van der Waals surface area contributed by atoms with Crippen LogP contribution in [0.15, 0.2) is 41.9 Å². The molecule has 0 spiro atoms. The lowest BCUT2D eigenvalue weighted by Gasteiger charge is -2.43. The van der Waals surface area contributed by atoms with Crippen molar-refractivity contribution in [3.8, 4) is 0 Å². The van der Waals surface area contributed by atoms with Crippen molar-refractivity contribution < 1.29 is 15.0 Å². The Hall–Kier alpha value is -1.76. The Morgan fingerprint density at radius 3 is 2.80 bits per heavy atom. The summed E-state index contributed by atoms with van der Waals surface area (Å²) in [5.74, 6) is -0.888. The standard InChI is InChI=1S/C19H24N2O3S/c22-17-8-10-21(12-16-11-20-25-13-16)14-19(17,18(23)24)9-4-7-15-5-2-1-3-6-15/h1-3,5-6,11,13,17,22H,4,7-10,12,14H2,(H,23,24)/t17-,19+/m0/s1. The maximum atomic E-state index is 12.1. The van der Waals surface area contributed by atoms with Gasteiger partial charge in [-0.3, -0.25) is 9.69 Å². The molecule has 0 unspecified atom stereocenters. The van der Waals surface area contributed by atoms with Gasteiger partial charge in [0.05, 0.1) is 6.10 Å². The van der Waals surface area contributed by atoms with Crippen LogP contribution in [-0.4, -0.2) is 44.6 Å². The number of rotatable bonds is 7. The summed E-state index contributed by atoms with van der Waals surface area (Å²) in [5, 5.41) is 22.4. The maximum Gasteiger partial charge on any atom is 0.313 e. The number of likely N-dealkylation sites (tertiary alicyclic amines) is 1. The predicted octanol–water partition coefficient (Wildman–Crippen LogP) is 2.80. The van der Waals surface area contributed by atoms with Gasteiger partial charge in [0, 0.05) is 31.2 Å². The fourth-order valence-electron chi connectivity index (χ4n) is 3.68. The van der Waals surface area contributed by atoms with Gasteiger partial charge in [-0.25, -0.2) is 4.37 Å². The van der Waals surface area contributed by atoms with Gasteiger partial charge in [0.15, 0.2) is 0 Å². The second-order valence-electron chi connectivity index (χ2n) is 6.85. The molecule has 1 aliphatic rings. The summed E-state index contributed by atoms with van der Waals surface area (Å²) in [6.45, 7) is 1.79. The third kappa shape index (κ3) is 4.26. The van der Waals surface area contributed by atoms with Gasteiger partial charge in [-0.1, -0.05) is 30.3 Å². The van der Waals surface area contributed by atoms with Crippen LogP contribution < -0.4 is 0 Å². The largest absolute Gasteiger partial charge is 0.481 e. The van der Waals surface area contributed by atoms with Gasteiger partial charge in [0.2, 0.25) is 0 Å². The van der Waals surface area contributed by atoms with E-state index in [0.29, 0.717) is 32.5 Å². The molecule has 1 fully saturated rings. The summed E-state index contributed by atoms with van der Waals surface area (Å²) in [5.41, 5.74) is 1.22. The van der Waals surface area contributed by atoms with E-state index in [1.165, 1.54) is 17.1 Å². The minimum absolute atomic E-state index is 0.383. The fraction of sp³-hybridized carbons (Fsp3) is 0.474. The Bertz CT molecular complexity index is 677. The highest BCUT2D eigenvalue weighted by Gasteiger charge is 2.48. The molecule has 1 aliphatic heterocycles. The van der Waals surface area contributed by atoms with E-state index in [-0.39, 0.29) is 0 Å². The molecule has 0 amide bonds. The molecule has 2 atom stereocenters. The zero-order chi connectivity index (χ0) is 17.7. The van der Waals surface area contributed by atoms with E-state index in [1.54, 1.807) is 0 Å². The summed E-state index contributed by atoms with van der Waals surface area (Å²) in [7, 11) is 0. The first kappa shape index (κ1) is 18.0. The number of hydrogen-bond donors (Lipinski definition) is 2. The number of aromatic nitrogens is 1. The van der Waals surface area contributed by atoms with Crippen LogP contribution in [-0.2, 0) is 17.8 Å². The Morgan fingerprint density at radius 1 is 1.32 bits per heavy atom. The molecular weight excluding hydrogens is 336 g/mol. The molecular formula is C19H24N2O3S. The van der Waals surface area contributed by atoms with Gasteiger partial charge in [0.1, 0.15) is 5.41 Å². The molecule has 2 aromatic rings. The second-order valence-corrected chi connectivity index (χ2v) is 7.51. The SMILES string of the molecule is O=C(O)[C@]1(CCCc2ccccc2)CN(Cc2cnsc2)CC[C@@H]1O. The summed E-state index contributed by atoms with van der Waals surface area (Å²) in [4.78, 5) is 14.2. The smallest absolute Gasteiger partial charge is 0.313 e. The molecule has 2 heterocycles. The van der Waals surface area contributed by atoms with Crippen molar-refractivity contribution >= 4 is 17.5 Å². The highest BCUT2D eigenvalue weighted by molar-refractivity contribution is 7.03. The number of carboxylic acid groups (broad SMARTS) is 1. The Kier molecular flexibility index (Phi) is 5.83. The van der Waals surface area contributed by atoms with Crippen molar-refractivity contribution in [3.63, 3.8) is 0 Å². The third-order valence-electron chi connectivity index (χ3n) is 5.11. The highest BCUT2D eigenvalue weighted by Crippen LogP contribution is 2.36. The maximum absolute atomic E-state index is 12.1. The van der Waals surface area contributed by atoms with Gasteiger partial charge in [0.25, 0.3) is 0 Å². The van der Waals surface area contributed by atoms with Gasteiger partial charge < -0.3 is 10.2 Å². The Labute approximate surface area is 152 Å². The molecule has 1 saturated heterocycles. The lowest BCUT2D eigenvalue weighted by atomic mass is 9.73. The summed E-state index contributed by atoms with van der Waals surface area (Å²) >= 11 is 1.40. The molecule has 2 N–H and O–H groups in total. The molecule has 1 aromatic carbocycles.